The highest BCUT2D eigenvalue weighted by molar-refractivity contribution is 7.80. The van der Waals surface area contributed by atoms with Gasteiger partial charge in [-0.2, -0.15) is 0 Å². The van der Waals surface area contributed by atoms with Gasteiger partial charge in [0.05, 0.1) is 0 Å². The Morgan fingerprint density at radius 1 is 1.32 bits per heavy atom. The first-order valence-corrected chi connectivity index (χ1v) is 7.02. The van der Waals surface area contributed by atoms with Crippen LogP contribution in [0.4, 0.5) is 0 Å². The second-order valence-corrected chi connectivity index (χ2v) is 6.29. The van der Waals surface area contributed by atoms with Crippen molar-refractivity contribution in [2.75, 3.05) is 0 Å². The second kappa shape index (κ2) is 5.29. The van der Waals surface area contributed by atoms with Crippen molar-refractivity contribution < 1.29 is 4.79 Å². The number of amides is 1. The van der Waals surface area contributed by atoms with E-state index in [1.54, 1.807) is 24.3 Å². The minimum Gasteiger partial charge on any atom is -0.389 e. The van der Waals surface area contributed by atoms with Gasteiger partial charge in [0.1, 0.15) is 4.99 Å². The lowest BCUT2D eigenvalue weighted by Gasteiger charge is -2.27. The molecule has 0 saturated heterocycles. The van der Waals surface area contributed by atoms with Crippen LogP contribution in [0.2, 0.25) is 0 Å². The van der Waals surface area contributed by atoms with E-state index < -0.39 is 0 Å². The number of carbonyl (C=O) groups is 1. The molecule has 1 amide bonds. The van der Waals surface area contributed by atoms with Crippen LogP contribution in [0.1, 0.15) is 49.0 Å². The van der Waals surface area contributed by atoms with E-state index in [0.717, 1.165) is 12.0 Å². The molecule has 0 spiro atoms. The topological polar surface area (TPSA) is 55.1 Å². The molecule has 102 valence electrons. The predicted octanol–water partition coefficient (Wildman–Crippen LogP) is 2.63. The first kappa shape index (κ1) is 14.0. The van der Waals surface area contributed by atoms with Crippen LogP contribution in [0.15, 0.2) is 24.3 Å². The molecule has 3 nitrogen and oxygen atoms in total. The molecule has 0 aliphatic heterocycles. The molecule has 1 saturated carbocycles. The summed E-state index contributed by atoms with van der Waals surface area (Å²) in [5, 5.41) is 3.13. The van der Waals surface area contributed by atoms with Crippen LogP contribution in [0, 0.1) is 5.41 Å². The number of hydrogen-bond acceptors (Lipinski definition) is 2. The maximum Gasteiger partial charge on any atom is 0.251 e. The minimum absolute atomic E-state index is 0.0190. The maximum atomic E-state index is 12.2. The lowest BCUT2D eigenvalue weighted by Crippen LogP contribution is -2.41. The molecule has 1 aliphatic carbocycles. The zero-order chi connectivity index (χ0) is 14.0. The number of thiocarbonyl (C=S) groups is 1. The fourth-order valence-electron chi connectivity index (χ4n) is 2.62. The Balaban J connectivity index is 2.06. The van der Waals surface area contributed by atoms with E-state index in [-0.39, 0.29) is 17.4 Å². The third-order valence-corrected chi connectivity index (χ3v) is 4.23. The van der Waals surface area contributed by atoms with E-state index in [1.807, 2.05) is 0 Å². The van der Waals surface area contributed by atoms with E-state index in [9.17, 15) is 4.79 Å². The highest BCUT2D eigenvalue weighted by Crippen LogP contribution is 2.37. The minimum atomic E-state index is -0.0190. The normalized spacial score (nSPS) is 21.1. The Morgan fingerprint density at radius 2 is 1.89 bits per heavy atom. The smallest absolute Gasteiger partial charge is 0.251 e. The molecule has 1 unspecified atom stereocenters. The quantitative estimate of drug-likeness (QED) is 0.834. The standard InChI is InChI=1S/C15H20N2OS/c1-15(2)9-3-4-12(15)17-14(18)11-7-5-10(6-8-11)13(16)19/h5-8,12H,3-4,9H2,1-2H3,(H2,16,19)(H,17,18). The third-order valence-electron chi connectivity index (χ3n) is 3.99. The van der Waals surface area contributed by atoms with Gasteiger partial charge in [0.15, 0.2) is 0 Å². The van der Waals surface area contributed by atoms with E-state index in [4.69, 9.17) is 18.0 Å². The Hall–Kier alpha value is -1.42. The van der Waals surface area contributed by atoms with E-state index in [2.05, 4.69) is 19.2 Å². The number of hydrogen-bond donors (Lipinski definition) is 2. The zero-order valence-electron chi connectivity index (χ0n) is 11.4. The number of nitrogens with one attached hydrogen (secondary N) is 1. The number of benzene rings is 1. The van der Waals surface area contributed by atoms with E-state index in [1.165, 1.54) is 12.8 Å². The molecule has 1 aliphatic rings. The largest absolute Gasteiger partial charge is 0.389 e. The molecule has 0 radical (unpaired) electrons. The van der Waals surface area contributed by atoms with Crippen LogP contribution in [0.3, 0.4) is 0 Å². The fraction of sp³-hybridized carbons (Fsp3) is 0.467. The highest BCUT2D eigenvalue weighted by Gasteiger charge is 2.35. The van der Waals surface area contributed by atoms with Crippen molar-refractivity contribution in [3.63, 3.8) is 0 Å². The molecule has 3 N–H and O–H groups in total. The van der Waals surface area contributed by atoms with Gasteiger partial charge in [-0.1, -0.05) is 44.6 Å². The summed E-state index contributed by atoms with van der Waals surface area (Å²) in [4.78, 5) is 12.5. The summed E-state index contributed by atoms with van der Waals surface area (Å²) in [5.41, 5.74) is 7.17. The van der Waals surface area contributed by atoms with Crippen LogP contribution in [0.25, 0.3) is 0 Å². The van der Waals surface area contributed by atoms with Crippen LogP contribution in [-0.2, 0) is 0 Å². The zero-order valence-corrected chi connectivity index (χ0v) is 12.2. The van der Waals surface area contributed by atoms with Gasteiger partial charge in [0.25, 0.3) is 5.91 Å². The summed E-state index contributed by atoms with van der Waals surface area (Å²) in [6.07, 6.45) is 3.40. The monoisotopic (exact) mass is 276 g/mol. The van der Waals surface area contributed by atoms with Crippen LogP contribution in [0.5, 0.6) is 0 Å². The van der Waals surface area contributed by atoms with Gasteiger partial charge in [-0.3, -0.25) is 4.79 Å². The van der Waals surface area contributed by atoms with Crippen molar-refractivity contribution in [3.05, 3.63) is 35.4 Å². The van der Waals surface area contributed by atoms with Gasteiger partial charge in [-0.15, -0.1) is 0 Å². The molecule has 1 aromatic carbocycles. The summed E-state index contributed by atoms with van der Waals surface area (Å²) in [6.45, 7) is 4.42. The molecule has 4 heteroatoms. The van der Waals surface area contributed by atoms with Crippen molar-refractivity contribution in [1.29, 1.82) is 0 Å². The lowest BCUT2D eigenvalue weighted by atomic mass is 9.87. The molecular formula is C15H20N2OS. The van der Waals surface area contributed by atoms with Crippen molar-refractivity contribution in [2.24, 2.45) is 11.1 Å². The molecule has 0 bridgehead atoms. The van der Waals surface area contributed by atoms with E-state index >= 15 is 0 Å². The van der Waals surface area contributed by atoms with E-state index in [0.29, 0.717) is 10.6 Å². The lowest BCUT2D eigenvalue weighted by molar-refractivity contribution is 0.0910. The number of carbonyl (C=O) groups excluding carboxylic acids is 1. The highest BCUT2D eigenvalue weighted by atomic mass is 32.1. The summed E-state index contributed by atoms with van der Waals surface area (Å²) in [7, 11) is 0. The van der Waals surface area contributed by atoms with Crippen molar-refractivity contribution in [1.82, 2.24) is 5.32 Å². The first-order valence-electron chi connectivity index (χ1n) is 6.61. The fourth-order valence-corrected chi connectivity index (χ4v) is 2.76. The van der Waals surface area contributed by atoms with Gasteiger partial charge in [0, 0.05) is 17.2 Å². The molecule has 0 heterocycles. The SMILES string of the molecule is CC1(C)CCCC1NC(=O)c1ccc(C(N)=S)cc1. The van der Waals surface area contributed by atoms with Crippen LogP contribution >= 0.6 is 12.2 Å². The Morgan fingerprint density at radius 3 is 2.37 bits per heavy atom. The summed E-state index contributed by atoms with van der Waals surface area (Å²) < 4.78 is 0. The third kappa shape index (κ3) is 3.13. The van der Waals surface area contributed by atoms with Gasteiger partial charge >= 0.3 is 0 Å². The summed E-state index contributed by atoms with van der Waals surface area (Å²) in [5.74, 6) is -0.0190. The first-order chi connectivity index (χ1) is 8.90. The van der Waals surface area contributed by atoms with Crippen molar-refractivity contribution >= 4 is 23.1 Å². The van der Waals surface area contributed by atoms with Crippen molar-refractivity contribution in [2.45, 2.75) is 39.2 Å². The molecule has 19 heavy (non-hydrogen) atoms. The van der Waals surface area contributed by atoms with Gasteiger partial charge in [-0.05, 0) is 30.4 Å². The molecule has 0 aromatic heterocycles. The maximum absolute atomic E-state index is 12.2. The molecule has 2 rings (SSSR count). The second-order valence-electron chi connectivity index (χ2n) is 5.85. The van der Waals surface area contributed by atoms with Gasteiger partial charge in [0.2, 0.25) is 0 Å². The summed E-state index contributed by atoms with van der Waals surface area (Å²) in [6, 6.07) is 7.38. The van der Waals surface area contributed by atoms with Gasteiger partial charge < -0.3 is 11.1 Å². The molecule has 1 fully saturated rings. The van der Waals surface area contributed by atoms with Crippen LogP contribution < -0.4 is 11.1 Å². The van der Waals surface area contributed by atoms with Crippen LogP contribution in [-0.4, -0.2) is 16.9 Å². The summed E-state index contributed by atoms with van der Waals surface area (Å²) >= 11 is 4.89. The number of rotatable bonds is 3. The number of nitrogens with two attached hydrogens (primary N) is 1. The molecule has 1 aromatic rings. The Labute approximate surface area is 119 Å². The average Bonchev–Trinajstić information content (AvgIpc) is 2.69. The van der Waals surface area contributed by atoms with Crippen molar-refractivity contribution in [3.8, 4) is 0 Å². The predicted molar refractivity (Wildman–Crippen MR) is 81.2 cm³/mol. The van der Waals surface area contributed by atoms with Gasteiger partial charge in [-0.25, -0.2) is 0 Å². The Kier molecular flexibility index (Phi) is 3.90. The molecular weight excluding hydrogens is 256 g/mol. The Bertz CT molecular complexity index is 493. The average molecular weight is 276 g/mol. The molecule has 1 atom stereocenters.